The number of halogens is 1. The Morgan fingerprint density at radius 3 is 2.55 bits per heavy atom. The maximum atomic E-state index is 5.57. The Morgan fingerprint density at radius 1 is 1.00 bits per heavy atom. The molecule has 0 aliphatic carbocycles. The van der Waals surface area contributed by atoms with E-state index >= 15 is 0 Å². The average Bonchev–Trinajstić information content (AvgIpc) is 2.84. The van der Waals surface area contributed by atoms with Gasteiger partial charge in [-0.2, -0.15) is 0 Å². The summed E-state index contributed by atoms with van der Waals surface area (Å²) < 4.78 is 19.1. The molecule has 1 heterocycles. The predicted octanol–water partition coefficient (Wildman–Crippen LogP) is 3.08. The van der Waals surface area contributed by atoms with Crippen LogP contribution in [0.1, 0.15) is 0 Å². The molecule has 0 atom stereocenters. The van der Waals surface area contributed by atoms with Crippen molar-refractivity contribution in [1.29, 1.82) is 0 Å². The Hall–Kier alpha value is -0.880. The molecule has 0 saturated carbocycles. The summed E-state index contributed by atoms with van der Waals surface area (Å²) in [6, 6.07) is 8.42. The highest BCUT2D eigenvalue weighted by Crippen LogP contribution is 2.20. The quantitative estimate of drug-likeness (QED) is 0.657. The van der Waals surface area contributed by atoms with Gasteiger partial charge in [-0.1, -0.05) is 22.0 Å². The summed E-state index contributed by atoms with van der Waals surface area (Å²) in [4.78, 5) is 0. The van der Waals surface area contributed by atoms with E-state index < -0.39 is 0 Å². The van der Waals surface area contributed by atoms with E-state index in [9.17, 15) is 0 Å². The third-order valence-electron chi connectivity index (χ3n) is 3.02. The normalized spacial score (nSPS) is 11.3. The molecule has 0 aliphatic heterocycles. The molecule has 0 amide bonds. The van der Waals surface area contributed by atoms with Crippen LogP contribution >= 0.6 is 15.9 Å². The van der Waals surface area contributed by atoms with Crippen molar-refractivity contribution < 1.29 is 14.2 Å². The summed E-state index contributed by atoms with van der Waals surface area (Å²) in [6.45, 7) is 4.01. The van der Waals surface area contributed by atoms with Gasteiger partial charge in [-0.3, -0.25) is 0 Å². The molecule has 0 spiro atoms. The maximum Gasteiger partial charge on any atom is 0.0701 e. The summed E-state index contributed by atoms with van der Waals surface area (Å²) in [6.07, 6.45) is 2.09. The van der Waals surface area contributed by atoms with Crippen LogP contribution in [0.3, 0.4) is 0 Å². The van der Waals surface area contributed by atoms with Crippen LogP contribution in [0.25, 0.3) is 10.9 Å². The lowest BCUT2D eigenvalue weighted by Gasteiger charge is -2.08. The largest absolute Gasteiger partial charge is 0.382 e. The second kappa shape index (κ2) is 8.42. The van der Waals surface area contributed by atoms with Gasteiger partial charge in [-0.05, 0) is 23.6 Å². The maximum absolute atomic E-state index is 5.57. The molecule has 1 aromatic heterocycles. The fraction of sp³-hybridized carbons (Fsp3) is 0.467. The Kier molecular flexibility index (Phi) is 6.53. The lowest BCUT2D eigenvalue weighted by atomic mass is 10.2. The van der Waals surface area contributed by atoms with Crippen molar-refractivity contribution in [1.82, 2.24) is 4.57 Å². The van der Waals surface area contributed by atoms with E-state index in [2.05, 4.69) is 51.0 Å². The minimum atomic E-state index is 0.612. The zero-order valence-corrected chi connectivity index (χ0v) is 13.3. The molecular weight excluding hydrogens is 322 g/mol. The molecule has 0 aliphatic rings. The Bertz CT molecular complexity index is 527. The number of nitrogens with zero attached hydrogens (tertiary/aromatic N) is 1. The van der Waals surface area contributed by atoms with Gasteiger partial charge in [-0.25, -0.2) is 0 Å². The van der Waals surface area contributed by atoms with Gasteiger partial charge in [0.15, 0.2) is 0 Å². The Morgan fingerprint density at radius 2 is 1.75 bits per heavy atom. The highest BCUT2D eigenvalue weighted by molar-refractivity contribution is 9.10. The first-order valence-electron chi connectivity index (χ1n) is 6.70. The molecule has 0 bridgehead atoms. The number of hydrogen-bond acceptors (Lipinski definition) is 3. The highest BCUT2D eigenvalue weighted by Gasteiger charge is 2.01. The molecule has 0 saturated heterocycles. The van der Waals surface area contributed by atoms with Crippen molar-refractivity contribution in [3.05, 3.63) is 34.9 Å². The van der Waals surface area contributed by atoms with Crippen molar-refractivity contribution >= 4 is 26.8 Å². The summed E-state index contributed by atoms with van der Waals surface area (Å²) >= 11 is 3.50. The Labute approximate surface area is 127 Å². The first-order chi connectivity index (χ1) is 9.81. The molecule has 110 valence electrons. The first kappa shape index (κ1) is 15.5. The number of fused-ring (bicyclic) bond motifs is 1. The minimum absolute atomic E-state index is 0.612. The van der Waals surface area contributed by atoms with Crippen molar-refractivity contribution in [2.24, 2.45) is 0 Å². The molecule has 0 N–H and O–H groups in total. The smallest absolute Gasteiger partial charge is 0.0701 e. The van der Waals surface area contributed by atoms with Gasteiger partial charge < -0.3 is 18.8 Å². The number of rotatable bonds is 9. The first-order valence-corrected chi connectivity index (χ1v) is 7.49. The van der Waals surface area contributed by atoms with Gasteiger partial charge in [0.25, 0.3) is 0 Å². The molecule has 2 aromatic rings. The Balaban J connectivity index is 1.69. The predicted molar refractivity (Wildman–Crippen MR) is 83.2 cm³/mol. The number of ether oxygens (including phenoxy) is 3. The zero-order valence-electron chi connectivity index (χ0n) is 11.7. The van der Waals surface area contributed by atoms with Crippen molar-refractivity contribution in [2.45, 2.75) is 6.54 Å². The molecule has 5 heteroatoms. The fourth-order valence-corrected chi connectivity index (χ4v) is 2.33. The molecule has 2 rings (SSSR count). The van der Waals surface area contributed by atoms with Crippen molar-refractivity contribution in [3.63, 3.8) is 0 Å². The summed E-state index contributed by atoms with van der Waals surface area (Å²) in [5.41, 5.74) is 1.22. The number of benzene rings is 1. The van der Waals surface area contributed by atoms with E-state index in [0.29, 0.717) is 33.0 Å². The minimum Gasteiger partial charge on any atom is -0.382 e. The molecule has 4 nitrogen and oxygen atoms in total. The SMILES string of the molecule is COCCOCCOCCn1ccc2ccc(Br)cc21. The van der Waals surface area contributed by atoms with E-state index in [0.717, 1.165) is 11.0 Å². The van der Waals surface area contributed by atoms with E-state index in [-0.39, 0.29) is 0 Å². The number of aromatic nitrogens is 1. The summed E-state index contributed by atoms with van der Waals surface area (Å²) in [5, 5.41) is 1.25. The van der Waals surface area contributed by atoms with Crippen LogP contribution in [-0.4, -0.2) is 44.7 Å². The third-order valence-corrected chi connectivity index (χ3v) is 3.51. The van der Waals surface area contributed by atoms with Gasteiger partial charge in [0.2, 0.25) is 0 Å². The third kappa shape index (κ3) is 4.59. The molecule has 0 unspecified atom stereocenters. The van der Waals surface area contributed by atoms with Crippen molar-refractivity contribution in [2.75, 3.05) is 40.1 Å². The standard InChI is InChI=1S/C15H20BrNO3/c1-18-8-9-20-11-10-19-7-6-17-5-4-13-2-3-14(16)12-15(13)17/h2-5,12H,6-11H2,1H3. The second-order valence-corrected chi connectivity index (χ2v) is 5.35. The van der Waals surface area contributed by atoms with Crippen LogP contribution in [-0.2, 0) is 20.8 Å². The van der Waals surface area contributed by atoms with E-state index in [1.807, 2.05) is 0 Å². The molecule has 1 aromatic carbocycles. The lowest BCUT2D eigenvalue weighted by Crippen LogP contribution is -2.11. The van der Waals surface area contributed by atoms with Crippen LogP contribution in [0, 0.1) is 0 Å². The highest BCUT2D eigenvalue weighted by atomic mass is 79.9. The lowest BCUT2D eigenvalue weighted by molar-refractivity contribution is 0.0232. The fourth-order valence-electron chi connectivity index (χ4n) is 1.98. The van der Waals surface area contributed by atoms with Crippen LogP contribution in [0.5, 0.6) is 0 Å². The van der Waals surface area contributed by atoms with Crippen molar-refractivity contribution in [3.8, 4) is 0 Å². The topological polar surface area (TPSA) is 32.6 Å². The zero-order chi connectivity index (χ0) is 14.2. The monoisotopic (exact) mass is 341 g/mol. The van der Waals surface area contributed by atoms with Gasteiger partial charge in [0.05, 0.1) is 33.0 Å². The van der Waals surface area contributed by atoms with Gasteiger partial charge in [0, 0.05) is 29.8 Å². The molecule has 0 fully saturated rings. The number of methoxy groups -OCH3 is 1. The number of hydrogen-bond donors (Lipinski definition) is 0. The van der Waals surface area contributed by atoms with Gasteiger partial charge in [0.1, 0.15) is 0 Å². The van der Waals surface area contributed by atoms with Gasteiger partial charge in [-0.15, -0.1) is 0 Å². The van der Waals surface area contributed by atoms with E-state index in [1.54, 1.807) is 7.11 Å². The molecule has 20 heavy (non-hydrogen) atoms. The van der Waals surface area contributed by atoms with Crippen LogP contribution < -0.4 is 0 Å². The summed E-state index contributed by atoms with van der Waals surface area (Å²) in [5.74, 6) is 0. The van der Waals surface area contributed by atoms with Crippen LogP contribution in [0.15, 0.2) is 34.9 Å². The molecule has 0 radical (unpaired) electrons. The second-order valence-electron chi connectivity index (χ2n) is 4.43. The van der Waals surface area contributed by atoms with E-state index in [1.165, 1.54) is 10.9 Å². The van der Waals surface area contributed by atoms with E-state index in [4.69, 9.17) is 14.2 Å². The van der Waals surface area contributed by atoms with Gasteiger partial charge >= 0.3 is 0 Å². The average molecular weight is 342 g/mol. The van der Waals surface area contributed by atoms with Crippen LogP contribution in [0.2, 0.25) is 0 Å². The van der Waals surface area contributed by atoms with Crippen LogP contribution in [0.4, 0.5) is 0 Å². The summed E-state index contributed by atoms with van der Waals surface area (Å²) in [7, 11) is 1.67. The molecular formula is C15H20BrNO3.